The summed E-state index contributed by atoms with van der Waals surface area (Å²) in [6.45, 7) is 0.0488. The van der Waals surface area contributed by atoms with E-state index in [2.05, 4.69) is 4.98 Å². The minimum absolute atomic E-state index is 0.0488. The summed E-state index contributed by atoms with van der Waals surface area (Å²) < 4.78 is 1.29. The molecule has 0 bridgehead atoms. The van der Waals surface area contributed by atoms with Crippen molar-refractivity contribution < 1.29 is 4.79 Å². The van der Waals surface area contributed by atoms with E-state index >= 15 is 0 Å². The van der Waals surface area contributed by atoms with Crippen molar-refractivity contribution in [1.29, 1.82) is 0 Å². The lowest BCUT2D eigenvalue weighted by molar-refractivity contribution is 0.0974. The van der Waals surface area contributed by atoms with Crippen LogP contribution in [0.4, 0.5) is 0 Å². The maximum atomic E-state index is 11.7. The quantitative estimate of drug-likeness (QED) is 0.730. The van der Waals surface area contributed by atoms with Gasteiger partial charge in [0.1, 0.15) is 0 Å². The van der Waals surface area contributed by atoms with Crippen LogP contribution >= 0.6 is 11.3 Å². The van der Waals surface area contributed by atoms with Gasteiger partial charge in [0.25, 0.3) is 0 Å². The van der Waals surface area contributed by atoms with Gasteiger partial charge >= 0.3 is 5.69 Å². The van der Waals surface area contributed by atoms with Crippen LogP contribution in [-0.4, -0.2) is 15.3 Å². The highest BCUT2D eigenvalue weighted by Crippen LogP contribution is 2.09. The predicted octanol–water partition coefficient (Wildman–Crippen LogP) is 1.19. The van der Waals surface area contributed by atoms with E-state index in [1.165, 1.54) is 22.1 Å². The number of hydrogen-bond donors (Lipinski definition) is 0. The Morgan fingerprint density at radius 2 is 2.33 bits per heavy atom. The Kier molecular flexibility index (Phi) is 2.73. The average molecular weight is 220 g/mol. The zero-order valence-corrected chi connectivity index (χ0v) is 8.61. The van der Waals surface area contributed by atoms with Crippen LogP contribution in [0.2, 0.25) is 0 Å². The molecule has 0 atom stereocenters. The molecule has 0 N–H and O–H groups in total. The fraction of sp³-hybridized carbons (Fsp3) is 0.100. The fourth-order valence-corrected chi connectivity index (χ4v) is 1.83. The van der Waals surface area contributed by atoms with E-state index in [-0.39, 0.29) is 12.3 Å². The first-order valence-electron chi connectivity index (χ1n) is 4.35. The second-order valence-electron chi connectivity index (χ2n) is 2.93. The Morgan fingerprint density at radius 1 is 1.47 bits per heavy atom. The van der Waals surface area contributed by atoms with Gasteiger partial charge in [0.05, 0.1) is 11.4 Å². The van der Waals surface area contributed by atoms with Crippen LogP contribution in [-0.2, 0) is 6.54 Å². The molecule has 2 heterocycles. The summed E-state index contributed by atoms with van der Waals surface area (Å²) >= 11 is 1.37. The molecule has 76 valence electrons. The van der Waals surface area contributed by atoms with Crippen molar-refractivity contribution in [3.8, 4) is 0 Å². The van der Waals surface area contributed by atoms with Gasteiger partial charge in [-0.3, -0.25) is 9.36 Å². The molecule has 0 saturated heterocycles. The first kappa shape index (κ1) is 9.79. The van der Waals surface area contributed by atoms with Gasteiger partial charge in [-0.1, -0.05) is 6.07 Å². The van der Waals surface area contributed by atoms with Crippen LogP contribution in [0.15, 0.2) is 40.8 Å². The third-order valence-corrected chi connectivity index (χ3v) is 2.80. The number of aromatic nitrogens is 2. The lowest BCUT2D eigenvalue weighted by atomic mass is 10.3. The Morgan fingerprint density at radius 3 is 3.00 bits per heavy atom. The van der Waals surface area contributed by atoms with Crippen molar-refractivity contribution in [2.45, 2.75) is 6.54 Å². The molecule has 0 unspecified atom stereocenters. The Hall–Kier alpha value is -1.75. The van der Waals surface area contributed by atoms with Crippen LogP contribution < -0.4 is 5.69 Å². The van der Waals surface area contributed by atoms with E-state index in [0.717, 1.165) is 0 Å². The molecule has 0 amide bonds. The molecular formula is C10H8N2O2S. The Labute approximate surface area is 89.8 Å². The second kappa shape index (κ2) is 4.18. The molecule has 0 aromatic carbocycles. The monoisotopic (exact) mass is 220 g/mol. The van der Waals surface area contributed by atoms with Crippen molar-refractivity contribution in [3.63, 3.8) is 0 Å². The molecule has 0 aliphatic heterocycles. The summed E-state index contributed by atoms with van der Waals surface area (Å²) in [4.78, 5) is 27.1. The van der Waals surface area contributed by atoms with Crippen molar-refractivity contribution >= 4 is 17.1 Å². The zero-order chi connectivity index (χ0) is 10.7. The highest BCUT2D eigenvalue weighted by atomic mass is 32.1. The summed E-state index contributed by atoms with van der Waals surface area (Å²) in [5.41, 5.74) is -0.401. The molecule has 0 saturated carbocycles. The van der Waals surface area contributed by atoms with E-state index in [9.17, 15) is 9.59 Å². The topological polar surface area (TPSA) is 52.0 Å². The molecule has 0 aliphatic carbocycles. The minimum Gasteiger partial charge on any atom is -0.291 e. The molecule has 0 radical (unpaired) electrons. The highest BCUT2D eigenvalue weighted by Gasteiger charge is 2.08. The largest absolute Gasteiger partial charge is 0.347 e. The van der Waals surface area contributed by atoms with Gasteiger partial charge in [0, 0.05) is 12.4 Å². The summed E-state index contributed by atoms with van der Waals surface area (Å²) in [5, 5.41) is 1.83. The molecule has 5 heteroatoms. The number of hydrogen-bond acceptors (Lipinski definition) is 4. The van der Waals surface area contributed by atoms with Gasteiger partial charge in [0.2, 0.25) is 0 Å². The number of ketones is 1. The molecule has 0 spiro atoms. The molecule has 0 fully saturated rings. The van der Waals surface area contributed by atoms with Crippen molar-refractivity contribution in [2.75, 3.05) is 0 Å². The molecule has 2 rings (SSSR count). The Bertz CT molecular complexity index is 516. The van der Waals surface area contributed by atoms with Gasteiger partial charge in [0.15, 0.2) is 5.78 Å². The third-order valence-electron chi connectivity index (χ3n) is 1.89. The first-order valence-corrected chi connectivity index (χ1v) is 5.23. The molecule has 4 nitrogen and oxygen atoms in total. The van der Waals surface area contributed by atoms with Crippen LogP contribution in [0.5, 0.6) is 0 Å². The molecule has 0 aliphatic rings. The van der Waals surface area contributed by atoms with E-state index < -0.39 is 5.69 Å². The minimum atomic E-state index is -0.401. The van der Waals surface area contributed by atoms with Crippen molar-refractivity contribution in [2.24, 2.45) is 0 Å². The lowest BCUT2D eigenvalue weighted by Gasteiger charge is -2.00. The third kappa shape index (κ3) is 2.19. The van der Waals surface area contributed by atoms with Crippen LogP contribution in [0.1, 0.15) is 9.67 Å². The van der Waals surface area contributed by atoms with E-state index in [4.69, 9.17) is 0 Å². The zero-order valence-electron chi connectivity index (χ0n) is 7.79. The van der Waals surface area contributed by atoms with Gasteiger partial charge in [-0.25, -0.2) is 9.78 Å². The number of nitrogens with zero attached hydrogens (tertiary/aromatic N) is 2. The van der Waals surface area contributed by atoms with E-state index in [1.54, 1.807) is 18.3 Å². The molecule has 15 heavy (non-hydrogen) atoms. The van der Waals surface area contributed by atoms with Gasteiger partial charge in [-0.2, -0.15) is 0 Å². The summed E-state index contributed by atoms with van der Waals surface area (Å²) in [6, 6.07) is 5.18. The maximum Gasteiger partial charge on any atom is 0.347 e. The van der Waals surface area contributed by atoms with Crippen LogP contribution in [0, 0.1) is 0 Å². The van der Waals surface area contributed by atoms with Crippen molar-refractivity contribution in [3.05, 3.63) is 51.3 Å². The second-order valence-corrected chi connectivity index (χ2v) is 3.88. The van der Waals surface area contributed by atoms with Gasteiger partial charge in [-0.15, -0.1) is 11.3 Å². The first-order chi connectivity index (χ1) is 7.27. The Balaban J connectivity index is 2.20. The van der Waals surface area contributed by atoms with Crippen LogP contribution in [0.3, 0.4) is 0 Å². The van der Waals surface area contributed by atoms with Gasteiger partial charge in [-0.05, 0) is 17.5 Å². The number of rotatable bonds is 3. The number of thiophene rings is 1. The van der Waals surface area contributed by atoms with Crippen LogP contribution in [0.25, 0.3) is 0 Å². The fourth-order valence-electron chi connectivity index (χ4n) is 1.18. The summed E-state index contributed by atoms with van der Waals surface area (Å²) in [7, 11) is 0. The van der Waals surface area contributed by atoms with Crippen molar-refractivity contribution in [1.82, 2.24) is 9.55 Å². The number of carbonyl (C=O) groups excluding carboxylic acids is 1. The van der Waals surface area contributed by atoms with E-state index in [0.29, 0.717) is 4.88 Å². The molecular weight excluding hydrogens is 212 g/mol. The standard InChI is InChI=1S/C10H8N2O2S/c13-8(9-3-1-6-15-9)7-12-5-2-4-11-10(12)14/h1-6H,7H2. The normalized spacial score (nSPS) is 10.1. The molecule has 2 aromatic heterocycles. The summed E-state index contributed by atoms with van der Waals surface area (Å²) in [6.07, 6.45) is 2.97. The number of Topliss-reactive ketones (excluding diaryl/α,β-unsaturated/α-hetero) is 1. The predicted molar refractivity (Wildman–Crippen MR) is 57.1 cm³/mol. The highest BCUT2D eigenvalue weighted by molar-refractivity contribution is 7.12. The average Bonchev–Trinajstić information content (AvgIpc) is 2.74. The molecule has 2 aromatic rings. The maximum absolute atomic E-state index is 11.7. The summed E-state index contributed by atoms with van der Waals surface area (Å²) in [5.74, 6) is -0.0694. The SMILES string of the molecule is O=C(Cn1cccnc1=O)c1cccs1. The van der Waals surface area contributed by atoms with E-state index in [1.807, 2.05) is 11.4 Å². The number of carbonyl (C=O) groups is 1. The van der Waals surface area contributed by atoms with Gasteiger partial charge < -0.3 is 0 Å². The lowest BCUT2D eigenvalue weighted by Crippen LogP contribution is -2.24. The smallest absolute Gasteiger partial charge is 0.291 e.